The number of benzene rings is 3. The number of hydrogen-bond donors (Lipinski definition) is 0. The van der Waals surface area contributed by atoms with Crippen LogP contribution in [0.2, 0.25) is 0 Å². The van der Waals surface area contributed by atoms with Crippen LogP contribution in [0.25, 0.3) is 11.0 Å². The van der Waals surface area contributed by atoms with Gasteiger partial charge >= 0.3 is 0 Å². The second kappa shape index (κ2) is 14.9. The number of nitrogens with zero attached hydrogens (tertiary/aromatic N) is 5. The van der Waals surface area contributed by atoms with Crippen molar-refractivity contribution in [2.75, 3.05) is 27.8 Å². The van der Waals surface area contributed by atoms with Gasteiger partial charge < -0.3 is 28.4 Å². The predicted octanol–water partition coefficient (Wildman–Crippen LogP) is 7.53. The molecule has 6 rings (SSSR count). The molecule has 1 fully saturated rings. The molecule has 0 spiro atoms. The van der Waals surface area contributed by atoms with Gasteiger partial charge in [0.15, 0.2) is 5.82 Å². The van der Waals surface area contributed by atoms with E-state index in [1.165, 1.54) is 16.7 Å². The molecular weight excluding hydrogens is 611 g/mol. The molecule has 0 bridgehead atoms. The summed E-state index contributed by atoms with van der Waals surface area (Å²) < 4.78 is 26.9. The highest BCUT2D eigenvalue weighted by Gasteiger charge is 2.39. The summed E-state index contributed by atoms with van der Waals surface area (Å²) >= 11 is 1.82. The third-order valence-corrected chi connectivity index (χ3v) is 9.04. The maximum Gasteiger partial charge on any atom is 0.181 e. The van der Waals surface area contributed by atoms with Crippen LogP contribution in [-0.4, -0.2) is 65.8 Å². The number of methoxy groups -OCH3 is 1. The van der Waals surface area contributed by atoms with Crippen molar-refractivity contribution in [3.8, 4) is 17.2 Å². The lowest BCUT2D eigenvalue weighted by Gasteiger charge is -2.20. The first-order chi connectivity index (χ1) is 22.9. The normalized spacial score (nSPS) is 17.8. The van der Waals surface area contributed by atoms with Gasteiger partial charge in [-0.2, -0.15) is 11.8 Å². The van der Waals surface area contributed by atoms with Crippen LogP contribution in [0.3, 0.4) is 0 Å². The van der Waals surface area contributed by atoms with Crippen molar-refractivity contribution in [2.24, 2.45) is 4.99 Å². The van der Waals surface area contributed by atoms with Crippen LogP contribution >= 0.6 is 11.8 Å². The molecule has 3 heterocycles. The van der Waals surface area contributed by atoms with E-state index in [4.69, 9.17) is 28.9 Å². The molecule has 0 radical (unpaired) electrons. The number of aryl methyl sites for hydroxylation is 2. The summed E-state index contributed by atoms with van der Waals surface area (Å²) in [6, 6.07) is 24.4. The zero-order valence-electron chi connectivity index (χ0n) is 27.5. The molecule has 3 atom stereocenters. The number of thioether (sulfide) groups is 1. The minimum atomic E-state index is -0.319. The Labute approximate surface area is 280 Å². The largest absolute Gasteiger partial charge is 0.497 e. The molecule has 9 nitrogen and oxygen atoms in total. The molecule has 5 aromatic rings. The van der Waals surface area contributed by atoms with E-state index in [9.17, 15) is 0 Å². The van der Waals surface area contributed by atoms with Crippen LogP contribution in [0.15, 0.2) is 90.3 Å². The number of fused-ring (bicyclic) bond motifs is 1. The zero-order chi connectivity index (χ0) is 32.8. The topological polar surface area (TPSA) is 83.2 Å². The van der Waals surface area contributed by atoms with Gasteiger partial charge in [0, 0.05) is 43.8 Å². The average Bonchev–Trinajstić information content (AvgIpc) is 3.70. The number of rotatable bonds is 13. The smallest absolute Gasteiger partial charge is 0.181 e. The van der Waals surface area contributed by atoms with E-state index in [-0.39, 0.29) is 18.4 Å². The molecule has 244 valence electrons. The van der Waals surface area contributed by atoms with Crippen LogP contribution in [0, 0.1) is 13.8 Å². The summed E-state index contributed by atoms with van der Waals surface area (Å²) in [6.07, 6.45) is 5.27. The van der Waals surface area contributed by atoms with E-state index in [0.29, 0.717) is 18.8 Å². The van der Waals surface area contributed by atoms with E-state index in [1.54, 1.807) is 13.4 Å². The lowest BCUT2D eigenvalue weighted by atomic mass is 10.1. The fourth-order valence-electron chi connectivity index (χ4n) is 5.44. The Morgan fingerprint density at radius 1 is 0.915 bits per heavy atom. The van der Waals surface area contributed by atoms with Crippen molar-refractivity contribution in [1.82, 2.24) is 19.4 Å². The number of ether oxygens (including phenoxy) is 4. The highest BCUT2D eigenvalue weighted by molar-refractivity contribution is 7.97. The third kappa shape index (κ3) is 8.07. The van der Waals surface area contributed by atoms with Crippen molar-refractivity contribution in [3.05, 3.63) is 108 Å². The molecule has 0 aliphatic carbocycles. The van der Waals surface area contributed by atoms with E-state index in [2.05, 4.69) is 47.7 Å². The summed E-state index contributed by atoms with van der Waals surface area (Å²) in [4.78, 5) is 16.1. The van der Waals surface area contributed by atoms with E-state index in [1.807, 2.05) is 91.8 Å². The minimum absolute atomic E-state index is 0.230. The predicted molar refractivity (Wildman–Crippen MR) is 188 cm³/mol. The van der Waals surface area contributed by atoms with Gasteiger partial charge in [-0.25, -0.2) is 15.0 Å². The molecule has 0 N–H and O–H groups in total. The second-order valence-electron chi connectivity index (χ2n) is 12.0. The average molecular weight is 652 g/mol. The standard InChI is InChI=1S/C37H41N5O4S/c1-25-6-12-30(13-7-25)44-20-33-32(45-31-14-8-26(2)9-15-31)18-34(46-33)42-24-39-35-36(42)28(19-38-37(35)40-23-41(3)4)22-47-21-27-10-16-29(43-5)17-11-27/h6-17,19,23-24,32-34H,18,20-22H2,1-5H3/t32-,33+,34+/m0/s1. The third-order valence-electron chi connectivity index (χ3n) is 7.98. The monoisotopic (exact) mass is 651 g/mol. The highest BCUT2D eigenvalue weighted by Crippen LogP contribution is 2.37. The second-order valence-corrected chi connectivity index (χ2v) is 12.9. The number of pyridine rings is 1. The van der Waals surface area contributed by atoms with Gasteiger partial charge in [-0.15, -0.1) is 0 Å². The van der Waals surface area contributed by atoms with Crippen molar-refractivity contribution in [1.29, 1.82) is 0 Å². The number of imidazole rings is 1. The maximum absolute atomic E-state index is 6.74. The lowest BCUT2D eigenvalue weighted by Crippen LogP contribution is -2.32. The van der Waals surface area contributed by atoms with E-state index in [0.717, 1.165) is 45.4 Å². The van der Waals surface area contributed by atoms with Gasteiger partial charge in [0.25, 0.3) is 0 Å². The number of aliphatic imine (C=N–C) groups is 1. The van der Waals surface area contributed by atoms with E-state index >= 15 is 0 Å². The first kappa shape index (κ1) is 32.4. The lowest BCUT2D eigenvalue weighted by molar-refractivity contribution is -0.0340. The van der Waals surface area contributed by atoms with Crippen LogP contribution in [0.5, 0.6) is 17.2 Å². The maximum atomic E-state index is 6.74. The molecule has 10 heteroatoms. The molecule has 1 aliphatic rings. The molecule has 2 aromatic heterocycles. The SMILES string of the molecule is COc1ccc(CSCc2cnc(N=CN(C)C)c3ncn([C@H]4C[C@H](Oc5ccc(C)cc5)[C@@H](COc5ccc(C)cc5)O4)c23)cc1. The molecule has 0 saturated carbocycles. The Balaban J connectivity index is 1.28. The van der Waals surface area contributed by atoms with Gasteiger partial charge in [-0.05, 0) is 55.8 Å². The minimum Gasteiger partial charge on any atom is -0.497 e. The van der Waals surface area contributed by atoms with Crippen molar-refractivity contribution in [2.45, 2.75) is 50.2 Å². The number of hydrogen-bond acceptors (Lipinski definition) is 8. The Morgan fingerprint density at radius 3 is 2.28 bits per heavy atom. The molecule has 0 amide bonds. The first-order valence-corrected chi connectivity index (χ1v) is 16.9. The highest BCUT2D eigenvalue weighted by atomic mass is 32.2. The number of aromatic nitrogens is 3. The van der Waals surface area contributed by atoms with Crippen molar-refractivity contribution in [3.63, 3.8) is 0 Å². The molecule has 47 heavy (non-hydrogen) atoms. The fraction of sp³-hybridized carbons (Fsp3) is 0.324. The molecule has 1 saturated heterocycles. The van der Waals surface area contributed by atoms with Gasteiger partial charge in [-0.1, -0.05) is 47.5 Å². The Bertz CT molecular complexity index is 1790. The summed E-state index contributed by atoms with van der Waals surface area (Å²) in [5, 5.41) is 0. The molecule has 0 unspecified atom stereocenters. The zero-order valence-corrected chi connectivity index (χ0v) is 28.3. The summed E-state index contributed by atoms with van der Waals surface area (Å²) in [5.41, 5.74) is 6.37. The van der Waals surface area contributed by atoms with Crippen molar-refractivity contribution >= 4 is 35.0 Å². The van der Waals surface area contributed by atoms with Gasteiger partial charge in [0.05, 0.1) is 25.3 Å². The van der Waals surface area contributed by atoms with Crippen LogP contribution in [0.4, 0.5) is 5.82 Å². The summed E-state index contributed by atoms with van der Waals surface area (Å²) in [5.74, 6) is 4.63. The van der Waals surface area contributed by atoms with Gasteiger partial charge in [-0.3, -0.25) is 0 Å². The quantitative estimate of drug-likeness (QED) is 0.0955. The van der Waals surface area contributed by atoms with Crippen LogP contribution < -0.4 is 14.2 Å². The fourth-order valence-corrected chi connectivity index (χ4v) is 6.40. The van der Waals surface area contributed by atoms with Crippen LogP contribution in [0.1, 0.15) is 34.9 Å². The summed E-state index contributed by atoms with van der Waals surface area (Å²) in [7, 11) is 5.55. The Morgan fingerprint density at radius 2 is 1.60 bits per heavy atom. The molecule has 1 aliphatic heterocycles. The molecular formula is C37H41N5O4S. The first-order valence-electron chi connectivity index (χ1n) is 15.7. The van der Waals surface area contributed by atoms with Crippen molar-refractivity contribution < 1.29 is 18.9 Å². The van der Waals surface area contributed by atoms with Gasteiger partial charge in [0.2, 0.25) is 0 Å². The van der Waals surface area contributed by atoms with Gasteiger partial charge in [0.1, 0.15) is 47.8 Å². The van der Waals surface area contributed by atoms with E-state index < -0.39 is 0 Å². The summed E-state index contributed by atoms with van der Waals surface area (Å²) in [6.45, 7) is 4.49. The Hall–Kier alpha value is -4.54. The Kier molecular flexibility index (Phi) is 10.3. The van der Waals surface area contributed by atoms with Crippen LogP contribution in [-0.2, 0) is 16.2 Å². The molecule has 3 aromatic carbocycles.